The van der Waals surface area contributed by atoms with Crippen LogP contribution in [0.1, 0.15) is 15.9 Å². The zero-order chi connectivity index (χ0) is 13.7. The van der Waals surface area contributed by atoms with Crippen molar-refractivity contribution in [1.29, 1.82) is 0 Å². The molecule has 0 spiro atoms. The summed E-state index contributed by atoms with van der Waals surface area (Å²) in [5.41, 5.74) is 0.525. The lowest BCUT2D eigenvalue weighted by molar-refractivity contribution is -0.140. The van der Waals surface area contributed by atoms with Gasteiger partial charge in [-0.15, -0.1) is 0 Å². The first kappa shape index (κ1) is 14.1. The summed E-state index contributed by atoms with van der Waals surface area (Å²) < 4.78 is 18.1. The molecule has 98 valence electrons. The fraction of sp³-hybridized carbons (Fsp3) is 0.333. The number of amides is 1. The molecular formula is C12H14FNO4. The third-order valence-electron chi connectivity index (χ3n) is 2.30. The number of hydrogen-bond acceptors (Lipinski definition) is 3. The van der Waals surface area contributed by atoms with Gasteiger partial charge in [0.15, 0.2) is 6.04 Å². The molecule has 1 atom stereocenters. The van der Waals surface area contributed by atoms with Crippen LogP contribution in [0, 0.1) is 12.7 Å². The minimum Gasteiger partial charge on any atom is -0.480 e. The van der Waals surface area contributed by atoms with E-state index in [1.54, 1.807) is 6.92 Å². The van der Waals surface area contributed by atoms with Crippen LogP contribution >= 0.6 is 0 Å². The number of carbonyl (C=O) groups excluding carboxylic acids is 1. The second kappa shape index (κ2) is 6.11. The lowest BCUT2D eigenvalue weighted by atomic mass is 10.1. The third-order valence-corrected chi connectivity index (χ3v) is 2.30. The van der Waals surface area contributed by atoms with Crippen molar-refractivity contribution in [2.45, 2.75) is 13.0 Å². The molecule has 0 aromatic heterocycles. The number of benzene rings is 1. The third kappa shape index (κ3) is 3.53. The highest BCUT2D eigenvalue weighted by molar-refractivity contribution is 5.97. The number of aryl methyl sites for hydroxylation is 1. The van der Waals surface area contributed by atoms with Crippen LogP contribution in [-0.2, 0) is 9.53 Å². The van der Waals surface area contributed by atoms with Crippen molar-refractivity contribution < 1.29 is 23.8 Å². The summed E-state index contributed by atoms with van der Waals surface area (Å²) in [6.07, 6.45) is 0. The van der Waals surface area contributed by atoms with Crippen molar-refractivity contribution in [1.82, 2.24) is 5.32 Å². The fourth-order valence-electron chi connectivity index (χ4n) is 1.39. The summed E-state index contributed by atoms with van der Waals surface area (Å²) in [4.78, 5) is 22.6. The number of nitrogens with one attached hydrogen (secondary N) is 1. The lowest BCUT2D eigenvalue weighted by Crippen LogP contribution is -2.44. The van der Waals surface area contributed by atoms with Gasteiger partial charge in [0.2, 0.25) is 0 Å². The highest BCUT2D eigenvalue weighted by Gasteiger charge is 2.22. The second-order valence-electron chi connectivity index (χ2n) is 3.80. The number of aliphatic carboxylic acids is 1. The molecule has 2 N–H and O–H groups in total. The first-order chi connectivity index (χ1) is 8.45. The zero-order valence-electron chi connectivity index (χ0n) is 10.1. The summed E-state index contributed by atoms with van der Waals surface area (Å²) >= 11 is 0. The molecule has 0 saturated carbocycles. The van der Waals surface area contributed by atoms with Gasteiger partial charge in [0.25, 0.3) is 5.91 Å². The van der Waals surface area contributed by atoms with Crippen LogP contribution in [0.4, 0.5) is 4.39 Å². The summed E-state index contributed by atoms with van der Waals surface area (Å²) in [6, 6.07) is 2.84. The van der Waals surface area contributed by atoms with Crippen molar-refractivity contribution in [3.8, 4) is 0 Å². The Balaban J connectivity index is 2.86. The topological polar surface area (TPSA) is 75.6 Å². The van der Waals surface area contributed by atoms with Gasteiger partial charge in [-0.2, -0.15) is 0 Å². The Hall–Kier alpha value is -1.95. The van der Waals surface area contributed by atoms with Gasteiger partial charge in [-0.25, -0.2) is 9.18 Å². The SMILES string of the molecule is COCC(NC(=O)c1cc(C)ccc1F)C(=O)O. The predicted molar refractivity (Wildman–Crippen MR) is 61.9 cm³/mol. The largest absolute Gasteiger partial charge is 0.480 e. The molecule has 1 aromatic carbocycles. The molecule has 0 aliphatic heterocycles. The molecule has 0 radical (unpaired) electrons. The highest BCUT2D eigenvalue weighted by Crippen LogP contribution is 2.10. The predicted octanol–water partition coefficient (Wildman–Crippen LogP) is 0.964. The lowest BCUT2D eigenvalue weighted by Gasteiger charge is -2.14. The van der Waals surface area contributed by atoms with Crippen molar-refractivity contribution in [2.24, 2.45) is 0 Å². The Morgan fingerprint density at radius 1 is 1.50 bits per heavy atom. The highest BCUT2D eigenvalue weighted by atomic mass is 19.1. The Kier molecular flexibility index (Phi) is 4.79. The van der Waals surface area contributed by atoms with Crippen LogP contribution in [0.5, 0.6) is 0 Å². The van der Waals surface area contributed by atoms with Crippen LogP contribution in [-0.4, -0.2) is 36.7 Å². The van der Waals surface area contributed by atoms with E-state index in [9.17, 15) is 14.0 Å². The molecule has 0 aliphatic rings. The van der Waals surface area contributed by atoms with E-state index in [-0.39, 0.29) is 12.2 Å². The van der Waals surface area contributed by atoms with Crippen LogP contribution in [0.15, 0.2) is 18.2 Å². The average molecular weight is 255 g/mol. The normalized spacial score (nSPS) is 11.9. The van der Waals surface area contributed by atoms with Gasteiger partial charge in [0.1, 0.15) is 5.82 Å². The van der Waals surface area contributed by atoms with Crippen LogP contribution in [0.2, 0.25) is 0 Å². The average Bonchev–Trinajstić information content (AvgIpc) is 2.31. The second-order valence-corrected chi connectivity index (χ2v) is 3.80. The van der Waals surface area contributed by atoms with Crippen LogP contribution in [0.25, 0.3) is 0 Å². The van der Waals surface area contributed by atoms with Crippen molar-refractivity contribution >= 4 is 11.9 Å². The number of ether oxygens (including phenoxy) is 1. The number of halogens is 1. The molecule has 0 heterocycles. The van der Waals surface area contributed by atoms with Crippen molar-refractivity contribution in [3.05, 3.63) is 35.1 Å². The first-order valence-electron chi connectivity index (χ1n) is 5.24. The Labute approximate surface area is 104 Å². The van der Waals surface area contributed by atoms with Crippen LogP contribution in [0.3, 0.4) is 0 Å². The van der Waals surface area contributed by atoms with Gasteiger partial charge in [0, 0.05) is 7.11 Å². The van der Waals surface area contributed by atoms with E-state index in [1.165, 1.54) is 19.2 Å². The van der Waals surface area contributed by atoms with Gasteiger partial charge < -0.3 is 15.2 Å². The van der Waals surface area contributed by atoms with Crippen molar-refractivity contribution in [3.63, 3.8) is 0 Å². The van der Waals surface area contributed by atoms with Gasteiger partial charge >= 0.3 is 5.97 Å². The standard InChI is InChI=1S/C12H14FNO4/c1-7-3-4-9(13)8(5-7)11(15)14-10(6-18-2)12(16)17/h3-5,10H,6H2,1-2H3,(H,14,15)(H,16,17). The number of methoxy groups -OCH3 is 1. The monoisotopic (exact) mass is 255 g/mol. The number of hydrogen-bond donors (Lipinski definition) is 2. The maximum atomic E-state index is 13.4. The van der Waals surface area contributed by atoms with Gasteiger partial charge in [-0.1, -0.05) is 11.6 Å². The minimum atomic E-state index is -1.24. The fourth-order valence-corrected chi connectivity index (χ4v) is 1.39. The number of rotatable bonds is 5. The number of carboxylic acid groups (broad SMARTS) is 1. The molecule has 1 rings (SSSR count). The summed E-state index contributed by atoms with van der Waals surface area (Å²) in [6.45, 7) is 1.52. The van der Waals surface area contributed by atoms with Gasteiger partial charge in [-0.3, -0.25) is 4.79 Å². The maximum absolute atomic E-state index is 13.4. The molecule has 0 bridgehead atoms. The van der Waals surface area contributed by atoms with E-state index in [0.29, 0.717) is 5.56 Å². The Bertz CT molecular complexity index is 461. The number of carboxylic acids is 1. The van der Waals surface area contributed by atoms with Gasteiger partial charge in [-0.05, 0) is 19.1 Å². The molecule has 0 saturated heterocycles. The van der Waals surface area contributed by atoms with E-state index in [2.05, 4.69) is 10.1 Å². The molecule has 1 amide bonds. The van der Waals surface area contributed by atoms with E-state index < -0.39 is 23.7 Å². The first-order valence-corrected chi connectivity index (χ1v) is 5.24. The zero-order valence-corrected chi connectivity index (χ0v) is 10.1. The minimum absolute atomic E-state index is 0.183. The van der Waals surface area contributed by atoms with E-state index in [1.807, 2.05) is 0 Å². The smallest absolute Gasteiger partial charge is 0.328 e. The molecule has 6 heteroatoms. The summed E-state index contributed by atoms with van der Waals surface area (Å²) in [5.74, 6) is -2.71. The van der Waals surface area contributed by atoms with E-state index in [4.69, 9.17) is 5.11 Å². The molecule has 1 unspecified atom stereocenters. The summed E-state index contributed by atoms with van der Waals surface area (Å²) in [5, 5.41) is 11.0. The Morgan fingerprint density at radius 3 is 2.72 bits per heavy atom. The Morgan fingerprint density at radius 2 is 2.17 bits per heavy atom. The quantitative estimate of drug-likeness (QED) is 0.821. The van der Waals surface area contributed by atoms with E-state index in [0.717, 1.165) is 6.07 Å². The van der Waals surface area contributed by atoms with Crippen LogP contribution < -0.4 is 5.32 Å². The molecule has 5 nitrogen and oxygen atoms in total. The molecular weight excluding hydrogens is 241 g/mol. The van der Waals surface area contributed by atoms with Crippen molar-refractivity contribution in [2.75, 3.05) is 13.7 Å². The molecule has 0 aliphatic carbocycles. The van der Waals surface area contributed by atoms with Gasteiger partial charge in [0.05, 0.1) is 12.2 Å². The van der Waals surface area contributed by atoms with E-state index >= 15 is 0 Å². The molecule has 1 aromatic rings. The molecule has 18 heavy (non-hydrogen) atoms. The number of carbonyl (C=O) groups is 2. The molecule has 0 fully saturated rings. The maximum Gasteiger partial charge on any atom is 0.328 e. The summed E-state index contributed by atoms with van der Waals surface area (Å²) in [7, 11) is 1.31.